The van der Waals surface area contributed by atoms with Crippen LogP contribution >= 0.6 is 11.6 Å². The second kappa shape index (κ2) is 10.5. The number of aromatic nitrogens is 4. The Kier molecular flexibility index (Phi) is 7.04. The fraction of sp³-hybridized carbons (Fsp3) is 0.0833. The minimum absolute atomic E-state index is 0.298. The Hall–Kier alpha value is -4.37. The van der Waals surface area contributed by atoms with Crippen LogP contribution in [0.4, 0.5) is 28.8 Å². The Bertz CT molecular complexity index is 1310. The summed E-state index contributed by atoms with van der Waals surface area (Å²) < 4.78 is 7.53. The number of methoxy groups -OCH3 is 1. The molecule has 0 unspecified atom stereocenters. The number of benzene rings is 2. The minimum atomic E-state index is -0.298. The maximum absolute atomic E-state index is 11.6. The molecule has 0 saturated heterocycles. The summed E-state index contributed by atoms with van der Waals surface area (Å²) in [6.45, 7) is 4.13. The van der Waals surface area contributed by atoms with E-state index < -0.39 is 0 Å². The number of amides is 1. The zero-order valence-electron chi connectivity index (χ0n) is 18.3. The van der Waals surface area contributed by atoms with E-state index in [1.807, 2.05) is 35.0 Å². The minimum Gasteiger partial charge on any atom is -0.495 e. The molecule has 10 heteroatoms. The van der Waals surface area contributed by atoms with Gasteiger partial charge in [-0.1, -0.05) is 30.3 Å². The van der Waals surface area contributed by atoms with Gasteiger partial charge in [0.2, 0.25) is 11.9 Å². The topological polar surface area (TPSA) is 106 Å². The Morgan fingerprint density at radius 3 is 2.82 bits per heavy atom. The van der Waals surface area contributed by atoms with Crippen LogP contribution in [0.3, 0.4) is 0 Å². The second-order valence-electron chi connectivity index (χ2n) is 7.18. The molecule has 4 rings (SSSR count). The highest BCUT2D eigenvalue weighted by atomic mass is 35.5. The van der Waals surface area contributed by atoms with Crippen molar-refractivity contribution >= 4 is 46.3 Å². The maximum Gasteiger partial charge on any atom is 0.247 e. The number of ether oxygens (including phenoxy) is 1. The highest BCUT2D eigenvalue weighted by molar-refractivity contribution is 6.32. The molecule has 0 spiro atoms. The molecule has 0 aliphatic carbocycles. The van der Waals surface area contributed by atoms with Crippen LogP contribution in [-0.2, 0) is 11.3 Å². The van der Waals surface area contributed by atoms with E-state index in [2.05, 4.69) is 37.5 Å². The molecule has 2 aromatic heterocycles. The second-order valence-corrected chi connectivity index (χ2v) is 7.59. The quantitative estimate of drug-likeness (QED) is 0.292. The van der Waals surface area contributed by atoms with Gasteiger partial charge >= 0.3 is 0 Å². The third kappa shape index (κ3) is 5.70. The average Bonchev–Trinajstić information content (AvgIpc) is 3.35. The first-order valence-electron chi connectivity index (χ1n) is 10.3. The number of carbonyl (C=O) groups excluding carboxylic acids is 1. The first kappa shape index (κ1) is 22.8. The standard InChI is InChI=1S/C24H22ClN7O2/c1-3-22(33)28-17-5-4-6-18(12-17)29-23-19(25)13-27-24(31-23)30-20-8-7-16(11-21(20)34-2)14-32-10-9-26-15-32/h3-13,15H,1,14H2,2H3,(H,28,33)(H2,27,29,30,31). The summed E-state index contributed by atoms with van der Waals surface area (Å²) in [6, 6.07) is 13.0. The van der Waals surface area contributed by atoms with Gasteiger partial charge in [-0.05, 0) is 42.0 Å². The number of nitrogens with zero attached hydrogens (tertiary/aromatic N) is 4. The lowest BCUT2D eigenvalue weighted by atomic mass is 10.2. The van der Waals surface area contributed by atoms with Gasteiger partial charge in [0.1, 0.15) is 10.8 Å². The third-order valence-corrected chi connectivity index (χ3v) is 5.04. The van der Waals surface area contributed by atoms with E-state index in [9.17, 15) is 4.79 Å². The van der Waals surface area contributed by atoms with Gasteiger partial charge in [0.25, 0.3) is 0 Å². The molecule has 9 nitrogen and oxygen atoms in total. The number of rotatable bonds is 9. The van der Waals surface area contributed by atoms with Gasteiger partial charge in [0, 0.05) is 30.3 Å². The van der Waals surface area contributed by atoms with Gasteiger partial charge in [-0.2, -0.15) is 4.98 Å². The molecule has 34 heavy (non-hydrogen) atoms. The fourth-order valence-electron chi connectivity index (χ4n) is 3.17. The summed E-state index contributed by atoms with van der Waals surface area (Å²) >= 11 is 6.31. The molecule has 0 fully saturated rings. The molecule has 4 aromatic rings. The van der Waals surface area contributed by atoms with Gasteiger partial charge < -0.3 is 25.3 Å². The zero-order chi connectivity index (χ0) is 23.9. The molecular weight excluding hydrogens is 454 g/mol. The van der Waals surface area contributed by atoms with Crippen molar-refractivity contribution in [3.63, 3.8) is 0 Å². The smallest absolute Gasteiger partial charge is 0.247 e. The zero-order valence-corrected chi connectivity index (χ0v) is 19.1. The Labute approximate surface area is 201 Å². The maximum atomic E-state index is 11.6. The summed E-state index contributed by atoms with van der Waals surface area (Å²) in [4.78, 5) is 24.4. The van der Waals surface area contributed by atoms with Crippen LogP contribution in [0.5, 0.6) is 5.75 Å². The van der Waals surface area contributed by atoms with Crippen molar-refractivity contribution in [1.82, 2.24) is 19.5 Å². The fourth-order valence-corrected chi connectivity index (χ4v) is 3.31. The summed E-state index contributed by atoms with van der Waals surface area (Å²) in [5, 5.41) is 9.38. The van der Waals surface area contributed by atoms with Crippen LogP contribution in [0, 0.1) is 0 Å². The van der Waals surface area contributed by atoms with E-state index in [1.165, 1.54) is 12.3 Å². The first-order valence-corrected chi connectivity index (χ1v) is 10.6. The van der Waals surface area contributed by atoms with E-state index in [-0.39, 0.29) is 5.91 Å². The van der Waals surface area contributed by atoms with E-state index in [0.29, 0.717) is 46.1 Å². The molecule has 0 saturated carbocycles. The lowest BCUT2D eigenvalue weighted by Crippen LogP contribution is -2.07. The lowest BCUT2D eigenvalue weighted by Gasteiger charge is -2.14. The van der Waals surface area contributed by atoms with Gasteiger partial charge in [0.05, 0.1) is 25.3 Å². The number of hydrogen-bond donors (Lipinski definition) is 3. The Balaban J connectivity index is 1.52. The normalized spacial score (nSPS) is 10.4. The SMILES string of the molecule is C=CC(=O)Nc1cccc(Nc2nc(Nc3ccc(Cn4ccnc4)cc3OC)ncc2Cl)c1. The van der Waals surface area contributed by atoms with Crippen LogP contribution in [0.2, 0.25) is 5.02 Å². The predicted molar refractivity (Wildman–Crippen MR) is 133 cm³/mol. The van der Waals surface area contributed by atoms with Crippen molar-refractivity contribution in [3.05, 3.63) is 90.6 Å². The Morgan fingerprint density at radius 2 is 2.06 bits per heavy atom. The highest BCUT2D eigenvalue weighted by Gasteiger charge is 2.11. The number of imidazole rings is 1. The van der Waals surface area contributed by atoms with E-state index in [0.717, 1.165) is 5.56 Å². The molecule has 2 aromatic carbocycles. The van der Waals surface area contributed by atoms with Crippen molar-refractivity contribution in [3.8, 4) is 5.75 Å². The third-order valence-electron chi connectivity index (χ3n) is 4.76. The molecule has 0 aliphatic heterocycles. The van der Waals surface area contributed by atoms with Crippen molar-refractivity contribution in [2.24, 2.45) is 0 Å². The van der Waals surface area contributed by atoms with Gasteiger partial charge in [-0.3, -0.25) is 4.79 Å². The predicted octanol–water partition coefficient (Wildman–Crippen LogP) is 5.00. The molecular formula is C24H22ClN7O2. The summed E-state index contributed by atoms with van der Waals surface area (Å²) in [7, 11) is 1.61. The van der Waals surface area contributed by atoms with Crippen molar-refractivity contribution in [1.29, 1.82) is 0 Å². The van der Waals surface area contributed by atoms with Crippen LogP contribution < -0.4 is 20.7 Å². The average molecular weight is 476 g/mol. The van der Waals surface area contributed by atoms with Crippen LogP contribution in [-0.4, -0.2) is 32.5 Å². The number of carbonyl (C=O) groups is 1. The van der Waals surface area contributed by atoms with Gasteiger partial charge in [0.15, 0.2) is 5.82 Å². The van der Waals surface area contributed by atoms with Gasteiger partial charge in [-0.15, -0.1) is 0 Å². The van der Waals surface area contributed by atoms with Crippen molar-refractivity contribution < 1.29 is 9.53 Å². The molecule has 2 heterocycles. The van der Waals surface area contributed by atoms with Crippen LogP contribution in [0.25, 0.3) is 0 Å². The van der Waals surface area contributed by atoms with Crippen molar-refractivity contribution in [2.45, 2.75) is 6.54 Å². The summed E-state index contributed by atoms with van der Waals surface area (Å²) in [5.74, 6) is 1.09. The summed E-state index contributed by atoms with van der Waals surface area (Å²) in [5.41, 5.74) is 3.07. The molecule has 1 amide bonds. The Morgan fingerprint density at radius 1 is 1.21 bits per heavy atom. The van der Waals surface area contributed by atoms with E-state index >= 15 is 0 Å². The number of hydrogen-bond acceptors (Lipinski definition) is 7. The highest BCUT2D eigenvalue weighted by Crippen LogP contribution is 2.30. The summed E-state index contributed by atoms with van der Waals surface area (Å²) in [6.07, 6.45) is 8.11. The molecule has 3 N–H and O–H groups in total. The van der Waals surface area contributed by atoms with E-state index in [4.69, 9.17) is 16.3 Å². The van der Waals surface area contributed by atoms with Crippen LogP contribution in [0.15, 0.2) is 80.0 Å². The molecule has 172 valence electrons. The largest absolute Gasteiger partial charge is 0.495 e. The number of anilines is 5. The lowest BCUT2D eigenvalue weighted by molar-refractivity contribution is -0.111. The first-order chi connectivity index (χ1) is 16.5. The number of nitrogens with one attached hydrogen (secondary N) is 3. The molecule has 0 bridgehead atoms. The van der Waals surface area contributed by atoms with E-state index in [1.54, 1.807) is 37.8 Å². The molecule has 0 radical (unpaired) electrons. The van der Waals surface area contributed by atoms with Gasteiger partial charge in [-0.25, -0.2) is 9.97 Å². The number of halogens is 1. The van der Waals surface area contributed by atoms with Crippen molar-refractivity contribution in [2.75, 3.05) is 23.1 Å². The monoisotopic (exact) mass is 475 g/mol. The molecule has 0 aliphatic rings. The van der Waals surface area contributed by atoms with Crippen LogP contribution in [0.1, 0.15) is 5.56 Å². The molecule has 0 atom stereocenters.